The van der Waals surface area contributed by atoms with Gasteiger partial charge in [-0.15, -0.1) is 0 Å². The van der Waals surface area contributed by atoms with Crippen molar-refractivity contribution >= 4 is 5.65 Å². The summed E-state index contributed by atoms with van der Waals surface area (Å²) in [6.45, 7) is 1.98. The van der Waals surface area contributed by atoms with Crippen molar-refractivity contribution in [1.29, 1.82) is 0 Å². The van der Waals surface area contributed by atoms with Crippen molar-refractivity contribution in [1.82, 2.24) is 9.38 Å². The SMILES string of the molecule is Cc1cccc2nc(-c3ccc(-c4ccccc4)cc3)c(CO)n12. The lowest BCUT2D eigenvalue weighted by molar-refractivity contribution is 0.276. The average molecular weight is 314 g/mol. The van der Waals surface area contributed by atoms with Crippen LogP contribution in [0.4, 0.5) is 0 Å². The van der Waals surface area contributed by atoms with E-state index >= 15 is 0 Å². The number of benzene rings is 2. The van der Waals surface area contributed by atoms with Crippen LogP contribution in [0.2, 0.25) is 0 Å². The fourth-order valence-electron chi connectivity index (χ4n) is 3.15. The van der Waals surface area contributed by atoms with Crippen LogP contribution in [0.1, 0.15) is 11.4 Å². The number of pyridine rings is 1. The van der Waals surface area contributed by atoms with Gasteiger partial charge in [-0.2, -0.15) is 0 Å². The number of hydrogen-bond donors (Lipinski definition) is 1. The maximum atomic E-state index is 9.86. The Kier molecular flexibility index (Phi) is 3.63. The molecule has 4 aromatic rings. The predicted molar refractivity (Wildman–Crippen MR) is 96.7 cm³/mol. The molecule has 0 saturated carbocycles. The monoisotopic (exact) mass is 314 g/mol. The van der Waals surface area contributed by atoms with Gasteiger partial charge in [0, 0.05) is 11.3 Å². The number of aryl methyl sites for hydroxylation is 1. The molecule has 2 aromatic carbocycles. The fraction of sp³-hybridized carbons (Fsp3) is 0.0952. The van der Waals surface area contributed by atoms with E-state index in [2.05, 4.69) is 36.4 Å². The number of aliphatic hydroxyl groups is 1. The van der Waals surface area contributed by atoms with Crippen molar-refractivity contribution < 1.29 is 5.11 Å². The first kappa shape index (κ1) is 14.7. The minimum Gasteiger partial charge on any atom is -0.390 e. The molecule has 3 nitrogen and oxygen atoms in total. The third-order valence-electron chi connectivity index (χ3n) is 4.35. The van der Waals surface area contributed by atoms with E-state index in [4.69, 9.17) is 4.98 Å². The molecule has 0 unspecified atom stereocenters. The molecule has 2 heterocycles. The molecular weight excluding hydrogens is 296 g/mol. The van der Waals surface area contributed by atoms with Crippen LogP contribution in [-0.2, 0) is 6.61 Å². The number of imidazole rings is 1. The number of rotatable bonds is 3. The van der Waals surface area contributed by atoms with Crippen molar-refractivity contribution in [3.63, 3.8) is 0 Å². The molecule has 0 aliphatic heterocycles. The number of aromatic nitrogens is 2. The first-order valence-corrected chi connectivity index (χ1v) is 8.01. The molecule has 0 aliphatic carbocycles. The Hall–Kier alpha value is -2.91. The van der Waals surface area contributed by atoms with Gasteiger partial charge in [-0.25, -0.2) is 4.98 Å². The second kappa shape index (κ2) is 5.95. The lowest BCUT2D eigenvalue weighted by Crippen LogP contribution is -1.97. The summed E-state index contributed by atoms with van der Waals surface area (Å²) >= 11 is 0. The molecule has 1 N–H and O–H groups in total. The van der Waals surface area contributed by atoms with E-state index in [-0.39, 0.29) is 6.61 Å². The highest BCUT2D eigenvalue weighted by molar-refractivity contribution is 5.71. The zero-order valence-electron chi connectivity index (χ0n) is 13.5. The molecule has 0 aliphatic rings. The summed E-state index contributed by atoms with van der Waals surface area (Å²) in [5.74, 6) is 0. The quantitative estimate of drug-likeness (QED) is 0.606. The Morgan fingerprint density at radius 3 is 2.17 bits per heavy atom. The predicted octanol–water partition coefficient (Wildman–Crippen LogP) is 4.47. The largest absolute Gasteiger partial charge is 0.390 e. The summed E-state index contributed by atoms with van der Waals surface area (Å²) in [6.07, 6.45) is 0. The van der Waals surface area contributed by atoms with Crippen molar-refractivity contribution in [3.05, 3.63) is 84.2 Å². The van der Waals surface area contributed by atoms with Crippen LogP contribution < -0.4 is 0 Å². The van der Waals surface area contributed by atoms with Gasteiger partial charge < -0.3 is 5.11 Å². The van der Waals surface area contributed by atoms with Gasteiger partial charge >= 0.3 is 0 Å². The molecule has 0 amide bonds. The lowest BCUT2D eigenvalue weighted by atomic mass is 10.0. The second-order valence-corrected chi connectivity index (χ2v) is 5.87. The minimum absolute atomic E-state index is 0.0399. The number of fused-ring (bicyclic) bond motifs is 1. The maximum absolute atomic E-state index is 9.86. The van der Waals surface area contributed by atoms with Crippen LogP contribution in [-0.4, -0.2) is 14.5 Å². The molecule has 4 rings (SSSR count). The molecule has 0 atom stereocenters. The fourth-order valence-corrected chi connectivity index (χ4v) is 3.15. The Bertz CT molecular complexity index is 986. The van der Waals surface area contributed by atoms with Crippen molar-refractivity contribution in [2.45, 2.75) is 13.5 Å². The topological polar surface area (TPSA) is 37.5 Å². The summed E-state index contributed by atoms with van der Waals surface area (Å²) < 4.78 is 2.01. The van der Waals surface area contributed by atoms with Gasteiger partial charge in [-0.1, -0.05) is 60.7 Å². The molecule has 24 heavy (non-hydrogen) atoms. The number of nitrogens with zero attached hydrogens (tertiary/aromatic N) is 2. The van der Waals surface area contributed by atoms with E-state index in [1.165, 1.54) is 11.1 Å². The van der Waals surface area contributed by atoms with Gasteiger partial charge in [0.2, 0.25) is 0 Å². The first-order chi connectivity index (χ1) is 11.8. The van der Waals surface area contributed by atoms with Gasteiger partial charge in [0.05, 0.1) is 18.0 Å². The summed E-state index contributed by atoms with van der Waals surface area (Å²) in [5.41, 5.74) is 6.98. The van der Waals surface area contributed by atoms with Crippen LogP contribution >= 0.6 is 0 Å². The average Bonchev–Trinajstić information content (AvgIpc) is 3.02. The molecule has 3 heteroatoms. The highest BCUT2D eigenvalue weighted by Crippen LogP contribution is 2.28. The Morgan fingerprint density at radius 2 is 1.46 bits per heavy atom. The molecule has 0 saturated heterocycles. The van der Waals surface area contributed by atoms with Gasteiger partial charge in [-0.05, 0) is 30.2 Å². The van der Waals surface area contributed by atoms with Crippen LogP contribution in [0.25, 0.3) is 28.0 Å². The van der Waals surface area contributed by atoms with E-state index < -0.39 is 0 Å². The summed E-state index contributed by atoms with van der Waals surface area (Å²) in [4.78, 5) is 4.72. The third kappa shape index (κ3) is 2.39. The molecule has 0 bridgehead atoms. The van der Waals surface area contributed by atoms with E-state index in [0.29, 0.717) is 0 Å². The van der Waals surface area contributed by atoms with Gasteiger partial charge in [0.25, 0.3) is 0 Å². The number of aliphatic hydroxyl groups excluding tert-OH is 1. The van der Waals surface area contributed by atoms with E-state index in [1.54, 1.807) is 0 Å². The van der Waals surface area contributed by atoms with Crippen LogP contribution in [0.3, 0.4) is 0 Å². The zero-order valence-corrected chi connectivity index (χ0v) is 13.5. The molecule has 2 aromatic heterocycles. The van der Waals surface area contributed by atoms with E-state index in [9.17, 15) is 5.11 Å². The molecule has 0 radical (unpaired) electrons. The second-order valence-electron chi connectivity index (χ2n) is 5.87. The normalized spacial score (nSPS) is 11.1. The zero-order chi connectivity index (χ0) is 16.5. The Morgan fingerprint density at radius 1 is 0.792 bits per heavy atom. The van der Waals surface area contributed by atoms with Gasteiger partial charge in [0.1, 0.15) is 5.65 Å². The van der Waals surface area contributed by atoms with Crippen molar-refractivity contribution in [2.75, 3.05) is 0 Å². The van der Waals surface area contributed by atoms with Crippen molar-refractivity contribution in [2.24, 2.45) is 0 Å². The van der Waals surface area contributed by atoms with E-state index in [1.807, 2.05) is 47.7 Å². The summed E-state index contributed by atoms with van der Waals surface area (Å²) in [6, 6.07) is 24.6. The highest BCUT2D eigenvalue weighted by Gasteiger charge is 2.14. The Labute approximate surface area is 140 Å². The van der Waals surface area contributed by atoms with Gasteiger partial charge in [0.15, 0.2) is 0 Å². The summed E-state index contributed by atoms with van der Waals surface area (Å²) in [7, 11) is 0. The van der Waals surface area contributed by atoms with Gasteiger partial charge in [-0.3, -0.25) is 4.40 Å². The first-order valence-electron chi connectivity index (χ1n) is 8.01. The Balaban J connectivity index is 1.82. The third-order valence-corrected chi connectivity index (χ3v) is 4.35. The minimum atomic E-state index is -0.0399. The molecule has 118 valence electrons. The van der Waals surface area contributed by atoms with Crippen LogP contribution in [0, 0.1) is 6.92 Å². The van der Waals surface area contributed by atoms with Crippen molar-refractivity contribution in [3.8, 4) is 22.4 Å². The lowest BCUT2D eigenvalue weighted by Gasteiger charge is -2.06. The molecular formula is C21H18N2O. The smallest absolute Gasteiger partial charge is 0.137 e. The van der Waals surface area contributed by atoms with Crippen LogP contribution in [0.5, 0.6) is 0 Å². The number of hydrogen-bond acceptors (Lipinski definition) is 2. The molecule has 0 spiro atoms. The maximum Gasteiger partial charge on any atom is 0.137 e. The molecule has 0 fully saturated rings. The highest BCUT2D eigenvalue weighted by atomic mass is 16.3. The summed E-state index contributed by atoms with van der Waals surface area (Å²) in [5, 5.41) is 9.86. The standard InChI is InChI=1S/C21H18N2O/c1-15-6-5-9-20-22-21(19(14-24)23(15)20)18-12-10-17(11-13-18)16-7-3-2-4-8-16/h2-13,24H,14H2,1H3. The van der Waals surface area contributed by atoms with E-state index in [0.717, 1.165) is 28.3 Å². The van der Waals surface area contributed by atoms with Crippen LogP contribution in [0.15, 0.2) is 72.8 Å².